The van der Waals surface area contributed by atoms with Crippen molar-refractivity contribution in [2.45, 2.75) is 38.1 Å². The molecular weight excluding hydrogens is 158 g/mol. The van der Waals surface area contributed by atoms with E-state index in [4.69, 9.17) is 4.74 Å². The molecule has 0 aromatic rings. The zero-order valence-corrected chi connectivity index (χ0v) is 7.06. The molecule has 2 saturated heterocycles. The predicted octanol–water partition coefficient (Wildman–Crippen LogP) is -0.286. The van der Waals surface area contributed by atoms with Crippen LogP contribution in [0.15, 0.2) is 0 Å². The highest BCUT2D eigenvalue weighted by molar-refractivity contribution is 5.79. The van der Waals surface area contributed by atoms with Gasteiger partial charge in [-0.05, 0) is 13.3 Å². The summed E-state index contributed by atoms with van der Waals surface area (Å²) in [5.74, 6) is 0.0580. The molecule has 0 spiro atoms. The van der Waals surface area contributed by atoms with E-state index in [2.05, 4.69) is 0 Å². The monoisotopic (exact) mass is 171 g/mol. The maximum Gasteiger partial charge on any atom is 0.225 e. The first kappa shape index (κ1) is 8.01. The summed E-state index contributed by atoms with van der Waals surface area (Å²) in [5, 5.41) is 9.45. The molecule has 0 aliphatic carbocycles. The van der Waals surface area contributed by atoms with Gasteiger partial charge in [-0.25, -0.2) is 0 Å². The van der Waals surface area contributed by atoms with Crippen molar-refractivity contribution >= 4 is 5.91 Å². The summed E-state index contributed by atoms with van der Waals surface area (Å²) in [5.41, 5.74) is 0. The molecule has 0 saturated carbocycles. The Labute approximate surface area is 71.1 Å². The number of morpholine rings is 1. The lowest BCUT2D eigenvalue weighted by Gasteiger charge is -2.38. The van der Waals surface area contributed by atoms with Gasteiger partial charge in [-0.2, -0.15) is 0 Å². The molecule has 0 radical (unpaired) electrons. The maximum absolute atomic E-state index is 11.3. The van der Waals surface area contributed by atoms with Crippen LogP contribution in [-0.2, 0) is 9.53 Å². The highest BCUT2D eigenvalue weighted by atomic mass is 16.5. The molecule has 0 bridgehead atoms. The number of aliphatic hydroxyl groups excluding tert-OH is 1. The van der Waals surface area contributed by atoms with E-state index in [0.29, 0.717) is 6.42 Å². The number of carbonyl (C=O) groups excluding carboxylic acids is 1. The molecular formula is C8H13NO3. The number of amides is 1. The second-order valence-electron chi connectivity index (χ2n) is 3.43. The number of carbonyl (C=O) groups is 1. The second kappa shape index (κ2) is 2.71. The zero-order valence-electron chi connectivity index (χ0n) is 7.06. The number of hydrogen-bond donors (Lipinski definition) is 1. The zero-order chi connectivity index (χ0) is 8.72. The van der Waals surface area contributed by atoms with Crippen molar-refractivity contribution in [2.24, 2.45) is 0 Å². The topological polar surface area (TPSA) is 49.8 Å². The van der Waals surface area contributed by atoms with Gasteiger partial charge in [-0.3, -0.25) is 4.79 Å². The molecule has 12 heavy (non-hydrogen) atoms. The van der Waals surface area contributed by atoms with Gasteiger partial charge >= 0.3 is 0 Å². The Morgan fingerprint density at radius 1 is 1.67 bits per heavy atom. The van der Waals surface area contributed by atoms with E-state index in [1.807, 2.05) is 6.92 Å². The molecule has 2 aliphatic rings. The molecule has 3 unspecified atom stereocenters. The Bertz CT molecular complexity index is 206. The third-order valence-corrected chi connectivity index (χ3v) is 2.67. The van der Waals surface area contributed by atoms with Gasteiger partial charge < -0.3 is 14.7 Å². The molecule has 2 aliphatic heterocycles. The van der Waals surface area contributed by atoms with Gasteiger partial charge in [-0.1, -0.05) is 0 Å². The molecule has 0 aromatic heterocycles. The van der Waals surface area contributed by atoms with E-state index >= 15 is 0 Å². The van der Waals surface area contributed by atoms with Gasteiger partial charge in [-0.15, -0.1) is 0 Å². The molecule has 3 atom stereocenters. The van der Waals surface area contributed by atoms with Crippen molar-refractivity contribution in [1.82, 2.24) is 4.90 Å². The molecule has 4 nitrogen and oxygen atoms in total. The number of ether oxygens (including phenoxy) is 1. The summed E-state index contributed by atoms with van der Waals surface area (Å²) in [6, 6.07) is 0.0984. The minimum atomic E-state index is -0.721. The molecule has 2 fully saturated rings. The van der Waals surface area contributed by atoms with Crippen LogP contribution in [0.25, 0.3) is 0 Å². The molecule has 2 rings (SSSR count). The molecule has 1 N–H and O–H groups in total. The largest absolute Gasteiger partial charge is 0.372 e. The van der Waals surface area contributed by atoms with E-state index in [-0.39, 0.29) is 24.7 Å². The Kier molecular flexibility index (Phi) is 1.81. The predicted molar refractivity (Wildman–Crippen MR) is 41.3 cm³/mol. The van der Waals surface area contributed by atoms with Crippen molar-refractivity contribution in [1.29, 1.82) is 0 Å². The first-order chi connectivity index (χ1) is 5.70. The average molecular weight is 171 g/mol. The van der Waals surface area contributed by atoms with Gasteiger partial charge in [0.15, 0.2) is 6.23 Å². The number of hydrogen-bond acceptors (Lipinski definition) is 3. The standard InChI is InChI=1S/C8H13NO3/c1-5-6-2-3-7(10)9(6)8(11)4-12-5/h5-6,8,11H,2-4H2,1H3. The molecule has 1 amide bonds. The van der Waals surface area contributed by atoms with Gasteiger partial charge in [0.05, 0.1) is 18.8 Å². The minimum Gasteiger partial charge on any atom is -0.372 e. The molecule has 0 aromatic carbocycles. The highest BCUT2D eigenvalue weighted by Gasteiger charge is 2.42. The quantitative estimate of drug-likeness (QED) is 0.545. The Balaban J connectivity index is 2.18. The van der Waals surface area contributed by atoms with E-state index in [9.17, 15) is 9.90 Å². The fourth-order valence-electron chi connectivity index (χ4n) is 2.00. The van der Waals surface area contributed by atoms with Gasteiger partial charge in [0.25, 0.3) is 0 Å². The summed E-state index contributed by atoms with van der Waals surface area (Å²) in [6.45, 7) is 2.20. The number of nitrogens with zero attached hydrogens (tertiary/aromatic N) is 1. The molecule has 68 valence electrons. The van der Waals surface area contributed by atoms with Crippen LogP contribution in [0.3, 0.4) is 0 Å². The third kappa shape index (κ3) is 1.03. The highest BCUT2D eigenvalue weighted by Crippen LogP contribution is 2.28. The van der Waals surface area contributed by atoms with Crippen molar-refractivity contribution in [2.75, 3.05) is 6.61 Å². The van der Waals surface area contributed by atoms with Crippen molar-refractivity contribution < 1.29 is 14.6 Å². The van der Waals surface area contributed by atoms with Crippen LogP contribution >= 0.6 is 0 Å². The van der Waals surface area contributed by atoms with Crippen LogP contribution in [0, 0.1) is 0 Å². The van der Waals surface area contributed by atoms with Gasteiger partial charge in [0, 0.05) is 6.42 Å². The SMILES string of the molecule is CC1OCC(O)N2C(=O)CCC12. The van der Waals surface area contributed by atoms with Crippen molar-refractivity contribution in [3.8, 4) is 0 Å². The lowest BCUT2D eigenvalue weighted by molar-refractivity contribution is -0.171. The van der Waals surface area contributed by atoms with Crippen LogP contribution in [-0.4, -0.2) is 40.9 Å². The lowest BCUT2D eigenvalue weighted by atomic mass is 10.1. The van der Waals surface area contributed by atoms with Crippen molar-refractivity contribution in [3.05, 3.63) is 0 Å². The first-order valence-corrected chi connectivity index (χ1v) is 4.31. The maximum atomic E-state index is 11.3. The van der Waals surface area contributed by atoms with E-state index in [1.165, 1.54) is 0 Å². The normalized spacial score (nSPS) is 41.7. The fraction of sp³-hybridized carbons (Fsp3) is 0.875. The van der Waals surface area contributed by atoms with Crippen LogP contribution in [0.4, 0.5) is 0 Å². The minimum absolute atomic E-state index is 0.0580. The number of aliphatic hydroxyl groups is 1. The van der Waals surface area contributed by atoms with Crippen molar-refractivity contribution in [3.63, 3.8) is 0 Å². The van der Waals surface area contributed by atoms with Gasteiger partial charge in [0.2, 0.25) is 5.91 Å². The van der Waals surface area contributed by atoms with E-state index in [0.717, 1.165) is 6.42 Å². The molecule has 2 heterocycles. The smallest absolute Gasteiger partial charge is 0.225 e. The average Bonchev–Trinajstić information content (AvgIpc) is 2.42. The Morgan fingerprint density at radius 3 is 3.08 bits per heavy atom. The Morgan fingerprint density at radius 2 is 2.42 bits per heavy atom. The summed E-state index contributed by atoms with van der Waals surface area (Å²) in [4.78, 5) is 12.8. The number of rotatable bonds is 0. The summed E-state index contributed by atoms with van der Waals surface area (Å²) >= 11 is 0. The lowest BCUT2D eigenvalue weighted by Crippen LogP contribution is -2.54. The Hall–Kier alpha value is -0.610. The van der Waals surface area contributed by atoms with Crippen LogP contribution in [0.5, 0.6) is 0 Å². The van der Waals surface area contributed by atoms with E-state index < -0.39 is 6.23 Å². The first-order valence-electron chi connectivity index (χ1n) is 4.31. The second-order valence-corrected chi connectivity index (χ2v) is 3.43. The fourth-order valence-corrected chi connectivity index (χ4v) is 2.00. The number of fused-ring (bicyclic) bond motifs is 1. The third-order valence-electron chi connectivity index (χ3n) is 2.67. The summed E-state index contributed by atoms with van der Waals surface area (Å²) < 4.78 is 5.31. The van der Waals surface area contributed by atoms with Crippen LogP contribution in [0.1, 0.15) is 19.8 Å². The van der Waals surface area contributed by atoms with Crippen LogP contribution in [0.2, 0.25) is 0 Å². The summed E-state index contributed by atoms with van der Waals surface area (Å²) in [7, 11) is 0. The van der Waals surface area contributed by atoms with Crippen LogP contribution < -0.4 is 0 Å². The van der Waals surface area contributed by atoms with E-state index in [1.54, 1.807) is 4.90 Å². The molecule has 4 heteroatoms. The summed E-state index contributed by atoms with van der Waals surface area (Å²) in [6.07, 6.45) is 0.716. The van der Waals surface area contributed by atoms with Gasteiger partial charge in [0.1, 0.15) is 0 Å².